The number of hydrogen-bond acceptors (Lipinski definition) is 10. The van der Waals surface area contributed by atoms with E-state index in [1.165, 1.54) is 24.4 Å². The molecule has 13 nitrogen and oxygen atoms in total. The van der Waals surface area contributed by atoms with Crippen molar-refractivity contribution in [1.29, 1.82) is 0 Å². The summed E-state index contributed by atoms with van der Waals surface area (Å²) in [6.45, 7) is 12.2. The fraction of sp³-hybridized carbons (Fsp3) is 0.447. The Balaban J connectivity index is 1.05. The highest BCUT2D eigenvalue weighted by atomic mass is 19.4. The molecule has 16 heteroatoms. The first kappa shape index (κ1) is 48.6. The van der Waals surface area contributed by atoms with Crippen LogP contribution in [0.25, 0.3) is 11.3 Å². The van der Waals surface area contributed by atoms with E-state index in [1.54, 1.807) is 12.1 Å². The molecule has 0 atom stereocenters. The molecule has 0 aliphatic carbocycles. The summed E-state index contributed by atoms with van der Waals surface area (Å²) in [7, 11) is 0. The van der Waals surface area contributed by atoms with E-state index < -0.39 is 17.6 Å². The van der Waals surface area contributed by atoms with E-state index in [0.717, 1.165) is 69.1 Å². The number of ether oxygens (including phenoxy) is 4. The lowest BCUT2D eigenvalue weighted by molar-refractivity contribution is -0.137. The van der Waals surface area contributed by atoms with Gasteiger partial charge < -0.3 is 44.7 Å². The highest BCUT2D eigenvalue weighted by Crippen LogP contribution is 2.33. The number of halogens is 3. The van der Waals surface area contributed by atoms with E-state index in [9.17, 15) is 27.6 Å². The Hall–Kier alpha value is -5.39. The Bertz CT molecular complexity index is 2060. The summed E-state index contributed by atoms with van der Waals surface area (Å²) in [6, 6.07) is 21.0. The molecule has 0 unspecified atom stereocenters. The smallest absolute Gasteiger partial charge is 0.379 e. The molecule has 0 radical (unpaired) electrons. The standard InChI is InChI=1S/C47H59F3N6O7/c1-3-55(4-2)40-13-14-42(41(33-40)43-32-38(15-17-52-43)45(58)53-34-36-9-6-12-39(31-36)47(48,49)50)54-46(59)37-11-5-8-35(30-37)10-7-22-60-24-26-62-28-29-63-27-25-61-23-16-44(57)56-20-18-51-19-21-56/h5-6,8-9,11-15,17,30-33,51H,3-4,7,10,16,18-29,34H2,1-2H3,(H,53,58)(H,54,59). The normalized spacial score (nSPS) is 12.9. The fourth-order valence-corrected chi connectivity index (χ4v) is 6.93. The lowest BCUT2D eigenvalue weighted by Crippen LogP contribution is -2.46. The molecule has 3 amide bonds. The van der Waals surface area contributed by atoms with Crippen LogP contribution < -0.4 is 20.9 Å². The zero-order valence-electron chi connectivity index (χ0n) is 36.1. The number of rotatable bonds is 25. The van der Waals surface area contributed by atoms with Crippen LogP contribution in [0.4, 0.5) is 24.5 Å². The molecular weight excluding hydrogens is 818 g/mol. The van der Waals surface area contributed by atoms with Gasteiger partial charge in [-0.3, -0.25) is 19.4 Å². The maximum absolute atomic E-state index is 13.7. The first-order valence-electron chi connectivity index (χ1n) is 21.5. The van der Waals surface area contributed by atoms with Crippen LogP contribution in [0.2, 0.25) is 0 Å². The van der Waals surface area contributed by atoms with Crippen molar-refractivity contribution in [2.75, 3.05) is 102 Å². The summed E-state index contributed by atoms with van der Waals surface area (Å²) in [4.78, 5) is 47.6. The average Bonchev–Trinajstić information content (AvgIpc) is 3.30. The quantitative estimate of drug-likeness (QED) is 0.0623. The maximum atomic E-state index is 13.7. The van der Waals surface area contributed by atoms with E-state index in [4.69, 9.17) is 18.9 Å². The zero-order valence-corrected chi connectivity index (χ0v) is 36.1. The molecule has 1 saturated heterocycles. The van der Waals surface area contributed by atoms with Crippen LogP contribution >= 0.6 is 0 Å². The largest absolute Gasteiger partial charge is 0.416 e. The number of nitrogens with one attached hydrogen (secondary N) is 3. The summed E-state index contributed by atoms with van der Waals surface area (Å²) < 4.78 is 62.1. The van der Waals surface area contributed by atoms with Crippen molar-refractivity contribution in [2.24, 2.45) is 0 Å². The van der Waals surface area contributed by atoms with Crippen LogP contribution in [0.1, 0.15) is 64.1 Å². The number of nitrogens with zero attached hydrogens (tertiary/aromatic N) is 3. The predicted octanol–water partition coefficient (Wildman–Crippen LogP) is 6.62. The number of pyridine rings is 1. The zero-order chi connectivity index (χ0) is 44.9. The van der Waals surface area contributed by atoms with Gasteiger partial charge in [-0.15, -0.1) is 0 Å². The van der Waals surface area contributed by atoms with Gasteiger partial charge in [-0.25, -0.2) is 0 Å². The van der Waals surface area contributed by atoms with E-state index in [2.05, 4.69) is 25.8 Å². The van der Waals surface area contributed by atoms with Gasteiger partial charge in [0.25, 0.3) is 11.8 Å². The second-order valence-corrected chi connectivity index (χ2v) is 14.8. The van der Waals surface area contributed by atoms with Crippen molar-refractivity contribution < 1.29 is 46.5 Å². The molecule has 5 rings (SSSR count). The summed E-state index contributed by atoms with van der Waals surface area (Å²) in [5.74, 6) is -0.670. The topological polar surface area (TPSA) is 144 Å². The van der Waals surface area contributed by atoms with Crippen LogP contribution in [0.5, 0.6) is 0 Å². The van der Waals surface area contributed by atoms with E-state index in [-0.39, 0.29) is 23.9 Å². The van der Waals surface area contributed by atoms with Gasteiger partial charge in [0.05, 0.1) is 69.6 Å². The first-order valence-corrected chi connectivity index (χ1v) is 21.5. The average molecular weight is 877 g/mol. The van der Waals surface area contributed by atoms with Gasteiger partial charge in [0.15, 0.2) is 0 Å². The van der Waals surface area contributed by atoms with Crippen molar-refractivity contribution >= 4 is 29.1 Å². The highest BCUT2D eigenvalue weighted by molar-refractivity contribution is 6.06. The molecule has 4 aromatic rings. The van der Waals surface area contributed by atoms with E-state index >= 15 is 0 Å². The lowest BCUT2D eigenvalue weighted by atomic mass is 10.0. The van der Waals surface area contributed by atoms with Crippen LogP contribution in [0.3, 0.4) is 0 Å². The van der Waals surface area contributed by atoms with Gasteiger partial charge in [-0.05, 0) is 92.4 Å². The maximum Gasteiger partial charge on any atom is 0.416 e. The monoisotopic (exact) mass is 876 g/mol. The number of aromatic nitrogens is 1. The van der Waals surface area contributed by atoms with Crippen molar-refractivity contribution in [1.82, 2.24) is 20.5 Å². The molecule has 0 spiro atoms. The van der Waals surface area contributed by atoms with Crippen LogP contribution in [0, 0.1) is 0 Å². The lowest BCUT2D eigenvalue weighted by Gasteiger charge is -2.27. The molecule has 2 heterocycles. The number of amides is 3. The number of aryl methyl sites for hydroxylation is 1. The first-order chi connectivity index (χ1) is 30.5. The third-order valence-electron chi connectivity index (χ3n) is 10.4. The van der Waals surface area contributed by atoms with Crippen molar-refractivity contribution in [3.05, 3.63) is 113 Å². The predicted molar refractivity (Wildman–Crippen MR) is 236 cm³/mol. The number of carbonyl (C=O) groups excluding carboxylic acids is 3. The Labute approximate surface area is 367 Å². The van der Waals surface area contributed by atoms with Gasteiger partial charge in [-0.1, -0.05) is 24.3 Å². The summed E-state index contributed by atoms with van der Waals surface area (Å²) in [5, 5.41) is 8.98. The van der Waals surface area contributed by atoms with Gasteiger partial charge in [-0.2, -0.15) is 13.2 Å². The summed E-state index contributed by atoms with van der Waals surface area (Å²) >= 11 is 0. The Kier molecular flexibility index (Phi) is 19.8. The van der Waals surface area contributed by atoms with Crippen molar-refractivity contribution in [3.8, 4) is 11.3 Å². The van der Waals surface area contributed by atoms with Crippen LogP contribution in [-0.2, 0) is 42.9 Å². The SMILES string of the molecule is CCN(CC)c1ccc(NC(=O)c2cccc(CCCOCCOCCOCCOCCC(=O)N3CCNCC3)c2)c(-c2cc(C(=O)NCc3cccc(C(F)(F)F)c3)ccn2)c1. The van der Waals surface area contributed by atoms with E-state index in [0.29, 0.717) is 93.8 Å². The van der Waals surface area contributed by atoms with Gasteiger partial charge in [0.2, 0.25) is 5.91 Å². The third-order valence-corrected chi connectivity index (χ3v) is 10.4. The number of hydrogen-bond donors (Lipinski definition) is 3. The second-order valence-electron chi connectivity index (χ2n) is 14.8. The molecule has 1 fully saturated rings. The highest BCUT2D eigenvalue weighted by Gasteiger charge is 2.30. The minimum Gasteiger partial charge on any atom is -0.379 e. The molecule has 3 aromatic carbocycles. The number of anilines is 2. The van der Waals surface area contributed by atoms with Crippen LogP contribution in [0.15, 0.2) is 85.1 Å². The second kappa shape index (κ2) is 25.7. The van der Waals surface area contributed by atoms with Crippen molar-refractivity contribution in [3.63, 3.8) is 0 Å². The molecule has 0 saturated carbocycles. The Morgan fingerprint density at radius 1 is 0.746 bits per heavy atom. The van der Waals surface area contributed by atoms with Gasteiger partial charge in [0, 0.05) is 81.0 Å². The number of alkyl halides is 3. The molecule has 0 bridgehead atoms. The fourth-order valence-electron chi connectivity index (χ4n) is 6.93. The third kappa shape index (κ3) is 16.0. The van der Waals surface area contributed by atoms with Crippen LogP contribution in [-0.4, -0.2) is 120 Å². The van der Waals surface area contributed by atoms with Crippen molar-refractivity contribution in [2.45, 2.75) is 45.8 Å². The minimum atomic E-state index is -4.49. The molecule has 340 valence electrons. The van der Waals surface area contributed by atoms with Gasteiger partial charge >= 0.3 is 6.18 Å². The van der Waals surface area contributed by atoms with Gasteiger partial charge in [0.1, 0.15) is 0 Å². The summed E-state index contributed by atoms with van der Waals surface area (Å²) in [6.07, 6.45) is -1.16. The number of carbonyl (C=O) groups is 3. The Morgan fingerprint density at radius 2 is 1.40 bits per heavy atom. The number of piperazine rings is 1. The minimum absolute atomic E-state index is 0.0976. The van der Waals surface area contributed by atoms with E-state index in [1.807, 2.05) is 55.1 Å². The Morgan fingerprint density at radius 3 is 2.10 bits per heavy atom. The molecule has 3 N–H and O–H groups in total. The molecule has 1 aliphatic heterocycles. The molecular formula is C47H59F3N6O7. The summed E-state index contributed by atoms with van der Waals surface area (Å²) in [5.41, 5.74) is 3.69. The molecule has 63 heavy (non-hydrogen) atoms. The number of benzene rings is 3. The molecule has 1 aromatic heterocycles. The molecule has 1 aliphatic rings.